The smallest absolute Gasteiger partial charge is 0.231 e. The van der Waals surface area contributed by atoms with E-state index in [1.807, 2.05) is 0 Å². The Morgan fingerprint density at radius 1 is 1.30 bits per heavy atom. The second-order valence-corrected chi connectivity index (χ2v) is 5.91. The lowest BCUT2D eigenvalue weighted by Gasteiger charge is -2.25. The standard InChI is InChI=1S/C16H17F2N3O2/c1-10(22)20-16(6-2-3-7-16)15-19-14(23-21-15)9-11-4-5-12(17)13(18)8-11/h4-5,8H,2-3,6-7,9H2,1H3,(H,20,22). The van der Waals surface area contributed by atoms with E-state index in [0.717, 1.165) is 37.8 Å². The lowest BCUT2D eigenvalue weighted by atomic mass is 9.96. The Morgan fingerprint density at radius 3 is 2.70 bits per heavy atom. The van der Waals surface area contributed by atoms with E-state index in [9.17, 15) is 13.6 Å². The quantitative estimate of drug-likeness (QED) is 0.940. The predicted molar refractivity (Wildman–Crippen MR) is 77.4 cm³/mol. The van der Waals surface area contributed by atoms with Crippen molar-refractivity contribution in [3.63, 3.8) is 0 Å². The maximum Gasteiger partial charge on any atom is 0.231 e. The normalized spacial score (nSPS) is 16.5. The third-order valence-corrected chi connectivity index (χ3v) is 4.11. The van der Waals surface area contributed by atoms with E-state index in [4.69, 9.17) is 4.52 Å². The van der Waals surface area contributed by atoms with Crippen LogP contribution in [0.4, 0.5) is 8.78 Å². The fourth-order valence-corrected chi connectivity index (χ4v) is 3.07. The molecule has 0 bridgehead atoms. The summed E-state index contributed by atoms with van der Waals surface area (Å²) in [6.07, 6.45) is 3.69. The molecule has 2 aromatic rings. The number of aromatic nitrogens is 2. The predicted octanol–water partition coefficient (Wildman–Crippen LogP) is 2.84. The molecule has 0 saturated heterocycles. The zero-order chi connectivity index (χ0) is 16.4. The molecular formula is C16H17F2N3O2. The third kappa shape index (κ3) is 3.23. The highest BCUT2D eigenvalue weighted by molar-refractivity contribution is 5.74. The molecule has 1 amide bonds. The van der Waals surface area contributed by atoms with Gasteiger partial charge in [-0.2, -0.15) is 4.98 Å². The van der Waals surface area contributed by atoms with Gasteiger partial charge < -0.3 is 9.84 Å². The molecule has 5 nitrogen and oxygen atoms in total. The lowest BCUT2D eigenvalue weighted by Crippen LogP contribution is -2.43. The SMILES string of the molecule is CC(=O)NC1(c2noc(Cc3ccc(F)c(F)c3)n2)CCCC1. The minimum Gasteiger partial charge on any atom is -0.343 e. The molecule has 1 fully saturated rings. The number of nitrogens with zero attached hydrogens (tertiary/aromatic N) is 2. The fraction of sp³-hybridized carbons (Fsp3) is 0.438. The minimum atomic E-state index is -0.909. The van der Waals surface area contributed by atoms with Crippen LogP contribution in [0.1, 0.15) is 49.9 Å². The molecule has 1 heterocycles. The van der Waals surface area contributed by atoms with Gasteiger partial charge in [0, 0.05) is 6.92 Å². The summed E-state index contributed by atoms with van der Waals surface area (Å²) in [5.74, 6) is -1.19. The Bertz CT molecular complexity index is 724. The van der Waals surface area contributed by atoms with Gasteiger partial charge in [0.1, 0.15) is 5.54 Å². The monoisotopic (exact) mass is 321 g/mol. The van der Waals surface area contributed by atoms with Gasteiger partial charge in [0.2, 0.25) is 11.8 Å². The molecule has 0 spiro atoms. The van der Waals surface area contributed by atoms with Crippen LogP contribution in [0.3, 0.4) is 0 Å². The molecule has 0 radical (unpaired) electrons. The highest BCUT2D eigenvalue weighted by Crippen LogP contribution is 2.37. The number of amides is 1. The van der Waals surface area contributed by atoms with Crippen molar-refractivity contribution in [3.8, 4) is 0 Å². The minimum absolute atomic E-state index is 0.140. The average Bonchev–Trinajstić information content (AvgIpc) is 3.12. The maximum atomic E-state index is 13.2. The van der Waals surface area contributed by atoms with E-state index in [-0.39, 0.29) is 12.3 Å². The van der Waals surface area contributed by atoms with Crippen molar-refractivity contribution >= 4 is 5.91 Å². The van der Waals surface area contributed by atoms with Gasteiger partial charge in [-0.25, -0.2) is 8.78 Å². The lowest BCUT2D eigenvalue weighted by molar-refractivity contribution is -0.121. The van der Waals surface area contributed by atoms with Crippen LogP contribution in [0.5, 0.6) is 0 Å². The summed E-state index contributed by atoms with van der Waals surface area (Å²) in [7, 11) is 0. The zero-order valence-corrected chi connectivity index (χ0v) is 12.7. The number of hydrogen-bond donors (Lipinski definition) is 1. The first-order chi connectivity index (χ1) is 11.0. The number of halogens is 2. The molecule has 3 rings (SSSR count). The number of rotatable bonds is 4. The topological polar surface area (TPSA) is 68.0 Å². The van der Waals surface area contributed by atoms with E-state index < -0.39 is 17.2 Å². The van der Waals surface area contributed by atoms with Crippen LogP contribution in [0.25, 0.3) is 0 Å². The van der Waals surface area contributed by atoms with Gasteiger partial charge in [-0.1, -0.05) is 24.1 Å². The Morgan fingerprint density at radius 2 is 2.04 bits per heavy atom. The van der Waals surface area contributed by atoms with Crippen LogP contribution in [0.2, 0.25) is 0 Å². The molecule has 1 N–H and O–H groups in total. The molecule has 0 unspecified atom stereocenters. The van der Waals surface area contributed by atoms with Crippen molar-refractivity contribution in [2.75, 3.05) is 0 Å². The number of carbonyl (C=O) groups excluding carboxylic acids is 1. The van der Waals surface area contributed by atoms with Gasteiger partial charge in [0.25, 0.3) is 0 Å². The average molecular weight is 321 g/mol. The highest BCUT2D eigenvalue weighted by Gasteiger charge is 2.40. The Balaban J connectivity index is 1.81. The Labute approximate surface area is 132 Å². The summed E-state index contributed by atoms with van der Waals surface area (Å²) in [5.41, 5.74) is -0.0409. The largest absolute Gasteiger partial charge is 0.343 e. The van der Waals surface area contributed by atoms with Crippen molar-refractivity contribution in [1.29, 1.82) is 0 Å². The summed E-state index contributed by atoms with van der Waals surface area (Å²) in [6.45, 7) is 1.46. The summed E-state index contributed by atoms with van der Waals surface area (Å²) in [5, 5.41) is 6.92. The number of nitrogens with one attached hydrogen (secondary N) is 1. The van der Waals surface area contributed by atoms with Crippen LogP contribution in [0.15, 0.2) is 22.7 Å². The number of carbonyl (C=O) groups is 1. The van der Waals surface area contributed by atoms with E-state index in [0.29, 0.717) is 17.3 Å². The van der Waals surface area contributed by atoms with Gasteiger partial charge in [-0.3, -0.25) is 4.79 Å². The molecule has 1 aromatic heterocycles. The summed E-state index contributed by atoms with van der Waals surface area (Å²) >= 11 is 0. The van der Waals surface area contributed by atoms with Gasteiger partial charge in [-0.15, -0.1) is 0 Å². The molecule has 23 heavy (non-hydrogen) atoms. The summed E-state index contributed by atoms with van der Waals surface area (Å²) < 4.78 is 31.4. The maximum absolute atomic E-state index is 13.2. The van der Waals surface area contributed by atoms with Crippen molar-refractivity contribution in [3.05, 3.63) is 47.1 Å². The molecular weight excluding hydrogens is 304 g/mol. The molecule has 1 saturated carbocycles. The number of benzene rings is 1. The second kappa shape index (κ2) is 6.06. The Kier molecular flexibility index (Phi) is 4.11. The molecule has 1 aliphatic carbocycles. The van der Waals surface area contributed by atoms with Gasteiger partial charge >= 0.3 is 0 Å². The van der Waals surface area contributed by atoms with Crippen LogP contribution in [-0.4, -0.2) is 16.0 Å². The van der Waals surface area contributed by atoms with Crippen LogP contribution in [0, 0.1) is 11.6 Å². The van der Waals surface area contributed by atoms with E-state index in [1.165, 1.54) is 13.0 Å². The first-order valence-corrected chi connectivity index (χ1v) is 7.54. The van der Waals surface area contributed by atoms with Crippen molar-refractivity contribution < 1.29 is 18.1 Å². The van der Waals surface area contributed by atoms with Crippen LogP contribution in [-0.2, 0) is 16.8 Å². The van der Waals surface area contributed by atoms with Crippen LogP contribution < -0.4 is 5.32 Å². The highest BCUT2D eigenvalue weighted by atomic mass is 19.2. The fourth-order valence-electron chi connectivity index (χ4n) is 3.07. The first-order valence-electron chi connectivity index (χ1n) is 7.54. The van der Waals surface area contributed by atoms with Crippen LogP contribution >= 0.6 is 0 Å². The summed E-state index contributed by atoms with van der Waals surface area (Å²) in [6, 6.07) is 3.65. The molecule has 0 atom stereocenters. The third-order valence-electron chi connectivity index (χ3n) is 4.11. The Hall–Kier alpha value is -2.31. The molecule has 0 aliphatic heterocycles. The van der Waals surface area contributed by atoms with Gasteiger partial charge in [-0.05, 0) is 30.5 Å². The van der Waals surface area contributed by atoms with Crippen molar-refractivity contribution in [2.24, 2.45) is 0 Å². The van der Waals surface area contributed by atoms with Crippen molar-refractivity contribution in [2.45, 2.75) is 44.6 Å². The van der Waals surface area contributed by atoms with Gasteiger partial charge in [0.05, 0.1) is 6.42 Å². The molecule has 7 heteroatoms. The second-order valence-electron chi connectivity index (χ2n) is 5.91. The molecule has 122 valence electrons. The molecule has 1 aromatic carbocycles. The summed E-state index contributed by atoms with van der Waals surface area (Å²) in [4.78, 5) is 15.8. The van der Waals surface area contributed by atoms with E-state index >= 15 is 0 Å². The zero-order valence-electron chi connectivity index (χ0n) is 12.7. The van der Waals surface area contributed by atoms with Crippen molar-refractivity contribution in [1.82, 2.24) is 15.5 Å². The van der Waals surface area contributed by atoms with E-state index in [2.05, 4.69) is 15.5 Å². The molecule has 1 aliphatic rings. The van der Waals surface area contributed by atoms with Gasteiger partial charge in [0.15, 0.2) is 17.5 Å². The number of hydrogen-bond acceptors (Lipinski definition) is 4. The first kappa shape index (κ1) is 15.6. The van der Waals surface area contributed by atoms with E-state index in [1.54, 1.807) is 0 Å².